The molecule has 0 aromatic heterocycles. The number of aromatic hydroxyl groups is 2. The van der Waals surface area contributed by atoms with Crippen molar-refractivity contribution in [2.24, 2.45) is 50.3 Å². The topological polar surface area (TPSA) is 479 Å². The Hall–Kier alpha value is -9.50. The van der Waals surface area contributed by atoms with Crippen molar-refractivity contribution in [3.8, 4) is 11.5 Å². The zero-order chi connectivity index (χ0) is 63.8. The lowest BCUT2D eigenvalue weighted by Crippen LogP contribution is -2.61. The SMILES string of the molecule is CC(=O)N[C@@H](Cc1ccc(O)cc1)C(=O)N[C@@H](Cc1ccccc1)C(=O)N[C@@H](CC(C)C)C(=O)N[C@@H](Cc1c(C)cc(O)cc1C)C(=O)N[C@@H](CCCN=C(N)N)C(=O)N1CCC[C@H]1C(=O)N[C@@H](CCCN=C(N)N)C(=O)N[C@@H](CC(N)=O)C(N)=O. The van der Waals surface area contributed by atoms with Crippen LogP contribution in [0.25, 0.3) is 0 Å². The number of nitrogens with zero attached hydrogens (tertiary/aromatic N) is 3. The smallest absolute Gasteiger partial charge is 0.245 e. The third kappa shape index (κ3) is 22.9. The summed E-state index contributed by atoms with van der Waals surface area (Å²) in [6, 6.07) is 7.01. The molecule has 0 bridgehead atoms. The van der Waals surface area contributed by atoms with Crippen LogP contribution in [0.5, 0.6) is 11.5 Å². The fraction of sp³-hybridized carbons (Fsp3) is 0.483. The molecule has 1 fully saturated rings. The van der Waals surface area contributed by atoms with Crippen molar-refractivity contribution >= 4 is 71.0 Å². The van der Waals surface area contributed by atoms with Crippen LogP contribution >= 0.6 is 0 Å². The second-order valence-electron chi connectivity index (χ2n) is 21.7. The molecule has 1 saturated heterocycles. The van der Waals surface area contributed by atoms with Crippen molar-refractivity contribution in [2.45, 2.75) is 154 Å². The van der Waals surface area contributed by atoms with Crippen LogP contribution in [0.2, 0.25) is 0 Å². The summed E-state index contributed by atoms with van der Waals surface area (Å²) >= 11 is 0. The molecule has 3 aromatic carbocycles. The van der Waals surface area contributed by atoms with Gasteiger partial charge in [0.2, 0.25) is 59.1 Å². The summed E-state index contributed by atoms with van der Waals surface area (Å²) in [5, 5.41) is 39.2. The van der Waals surface area contributed by atoms with Gasteiger partial charge in [0.25, 0.3) is 0 Å². The fourth-order valence-electron chi connectivity index (χ4n) is 9.88. The van der Waals surface area contributed by atoms with Gasteiger partial charge in [-0.25, -0.2) is 0 Å². The molecule has 1 aliphatic rings. The average Bonchev–Trinajstić information content (AvgIpc) is 3.26. The standard InChI is InChI=1S/C58H84N16O12/c1-31(2)24-43(71-53(83)45(27-35-12-7-6-8-13-35)72-52(82)44(67-34(5)75)28-36-17-19-37(76)20-18-36)51(81)73-46(29-39-32(3)25-38(77)26-33(39)4)54(84)69-41(15-10-22-66-58(63)64)56(86)74-23-11-16-47(74)55(85)68-40(14-9-21-65-57(61)62)50(80)70-42(49(60)79)30-48(59)78/h6-8,12-13,17-20,25-26,31,40-47,76-77H,9-11,14-16,21-24,27-30H2,1-5H3,(H2,59,78)(H2,60,79)(H,67,75)(H,68,85)(H,69,84)(H,70,80)(H,71,83)(H,72,82)(H,73,81)(H4,61,62,65)(H4,63,64,66)/t40-,41-,42-,43-,44-,45-,46-,47-/m0/s1. The number of carbonyl (C=O) groups is 10. The molecule has 468 valence electrons. The van der Waals surface area contributed by atoms with Crippen LogP contribution in [0.3, 0.4) is 0 Å². The molecule has 10 amide bonds. The highest BCUT2D eigenvalue weighted by Crippen LogP contribution is 2.24. The van der Waals surface area contributed by atoms with E-state index >= 15 is 4.79 Å². The normalized spacial score (nSPS) is 15.2. The van der Waals surface area contributed by atoms with E-state index in [4.69, 9.17) is 34.4 Å². The highest BCUT2D eigenvalue weighted by atomic mass is 16.3. The molecule has 0 unspecified atom stereocenters. The highest BCUT2D eigenvalue weighted by Gasteiger charge is 2.41. The van der Waals surface area contributed by atoms with Crippen LogP contribution < -0.4 is 71.6 Å². The van der Waals surface area contributed by atoms with Crippen molar-refractivity contribution in [1.29, 1.82) is 0 Å². The summed E-state index contributed by atoms with van der Waals surface area (Å²) in [6.45, 7) is 8.35. The molecule has 1 heterocycles. The van der Waals surface area contributed by atoms with Gasteiger partial charge in [-0.1, -0.05) is 56.3 Å². The number of hydrogen-bond acceptors (Lipinski definition) is 14. The minimum atomic E-state index is -1.52. The molecular weight excluding hydrogens is 1110 g/mol. The van der Waals surface area contributed by atoms with Gasteiger partial charge in [0.1, 0.15) is 59.8 Å². The lowest BCUT2D eigenvalue weighted by molar-refractivity contribution is -0.142. The van der Waals surface area contributed by atoms with Gasteiger partial charge in [-0.15, -0.1) is 0 Å². The number of primary amides is 2. The Morgan fingerprint density at radius 3 is 1.55 bits per heavy atom. The number of phenols is 2. The first-order valence-corrected chi connectivity index (χ1v) is 28.3. The van der Waals surface area contributed by atoms with E-state index in [1.54, 1.807) is 56.3 Å². The predicted molar refractivity (Wildman–Crippen MR) is 319 cm³/mol. The number of guanidine groups is 2. The fourth-order valence-corrected chi connectivity index (χ4v) is 9.88. The van der Waals surface area contributed by atoms with Gasteiger partial charge in [-0.05, 0) is 117 Å². The van der Waals surface area contributed by atoms with Gasteiger partial charge in [0, 0.05) is 45.8 Å². The van der Waals surface area contributed by atoms with Gasteiger partial charge >= 0.3 is 0 Å². The molecule has 28 nitrogen and oxygen atoms in total. The van der Waals surface area contributed by atoms with E-state index in [2.05, 4.69) is 47.2 Å². The number of nitrogens with two attached hydrogens (primary N) is 6. The molecule has 28 heteroatoms. The Morgan fingerprint density at radius 2 is 1.03 bits per heavy atom. The van der Waals surface area contributed by atoms with Gasteiger partial charge < -0.3 is 86.7 Å². The van der Waals surface area contributed by atoms with E-state index in [9.17, 15) is 53.4 Å². The van der Waals surface area contributed by atoms with E-state index in [1.807, 2.05) is 13.8 Å². The highest BCUT2D eigenvalue weighted by molar-refractivity contribution is 5.99. The number of hydrogen-bond donors (Lipinski definition) is 15. The molecule has 8 atom stereocenters. The Labute approximate surface area is 499 Å². The van der Waals surface area contributed by atoms with E-state index in [0.29, 0.717) is 34.2 Å². The Balaban J connectivity index is 1.70. The summed E-state index contributed by atoms with van der Waals surface area (Å²) in [7, 11) is 0. The molecule has 0 radical (unpaired) electrons. The number of carbonyl (C=O) groups excluding carboxylic acids is 10. The Morgan fingerprint density at radius 1 is 0.570 bits per heavy atom. The second-order valence-corrected chi connectivity index (χ2v) is 21.7. The second kappa shape index (κ2) is 33.7. The molecule has 3 aromatic rings. The van der Waals surface area contributed by atoms with Crippen LogP contribution in [-0.2, 0) is 67.2 Å². The van der Waals surface area contributed by atoms with Crippen molar-refractivity contribution in [3.63, 3.8) is 0 Å². The molecule has 4 rings (SSSR count). The van der Waals surface area contributed by atoms with Crippen LogP contribution in [0.4, 0.5) is 0 Å². The minimum absolute atomic E-state index is 0.00305. The monoisotopic (exact) mass is 1200 g/mol. The van der Waals surface area contributed by atoms with Crippen molar-refractivity contribution in [1.82, 2.24) is 42.1 Å². The molecule has 1 aliphatic heterocycles. The lowest BCUT2D eigenvalue weighted by atomic mass is 9.94. The molecule has 0 aliphatic carbocycles. The van der Waals surface area contributed by atoms with Crippen LogP contribution in [0.15, 0.2) is 76.7 Å². The number of phenolic OH excluding ortho intramolecular Hbond substituents is 2. The summed E-state index contributed by atoms with van der Waals surface area (Å²) in [4.78, 5) is 147. The number of amides is 10. The quantitative estimate of drug-likeness (QED) is 0.0173. The maximum Gasteiger partial charge on any atom is 0.245 e. The number of aryl methyl sites for hydroxylation is 2. The minimum Gasteiger partial charge on any atom is -0.508 e. The first-order valence-electron chi connectivity index (χ1n) is 28.3. The zero-order valence-electron chi connectivity index (χ0n) is 49.2. The van der Waals surface area contributed by atoms with Gasteiger partial charge in [0.05, 0.1) is 6.42 Å². The maximum absolute atomic E-state index is 15.0. The van der Waals surface area contributed by atoms with Gasteiger partial charge in [-0.2, -0.15) is 0 Å². The first-order chi connectivity index (χ1) is 40.6. The van der Waals surface area contributed by atoms with E-state index in [1.165, 1.54) is 36.1 Å². The third-order valence-corrected chi connectivity index (χ3v) is 14.1. The van der Waals surface area contributed by atoms with Crippen LogP contribution in [-0.4, -0.2) is 154 Å². The van der Waals surface area contributed by atoms with Crippen LogP contribution in [0.1, 0.15) is 100.0 Å². The third-order valence-electron chi connectivity index (χ3n) is 14.1. The molecule has 0 saturated carbocycles. The maximum atomic E-state index is 15.0. The molecule has 21 N–H and O–H groups in total. The largest absolute Gasteiger partial charge is 0.508 e. The number of likely N-dealkylation sites (tertiary alicyclic amines) is 1. The molecule has 0 spiro atoms. The van der Waals surface area contributed by atoms with Crippen molar-refractivity contribution in [2.75, 3.05) is 19.6 Å². The van der Waals surface area contributed by atoms with E-state index < -0.39 is 114 Å². The Kier molecular flexibility index (Phi) is 27.0. The summed E-state index contributed by atoms with van der Waals surface area (Å²) < 4.78 is 0. The van der Waals surface area contributed by atoms with Crippen molar-refractivity contribution in [3.05, 3.63) is 94.5 Å². The number of rotatable bonds is 33. The molecular formula is C58H84N16O12. The molecule has 86 heavy (non-hydrogen) atoms. The van der Waals surface area contributed by atoms with Gasteiger partial charge in [0.15, 0.2) is 11.9 Å². The van der Waals surface area contributed by atoms with E-state index in [0.717, 1.165) is 0 Å². The number of nitrogens with one attached hydrogen (secondary N) is 7. The number of aliphatic imine (C=N–C) groups is 2. The van der Waals surface area contributed by atoms with E-state index in [-0.39, 0.29) is 107 Å². The lowest BCUT2D eigenvalue weighted by Gasteiger charge is -2.31. The zero-order valence-corrected chi connectivity index (χ0v) is 49.2. The summed E-state index contributed by atoms with van der Waals surface area (Å²) in [6.07, 6.45) is -0.300. The Bertz CT molecular complexity index is 2910. The van der Waals surface area contributed by atoms with Gasteiger partial charge in [-0.3, -0.25) is 57.9 Å². The predicted octanol–water partition coefficient (Wildman–Crippen LogP) is -2.34. The van der Waals surface area contributed by atoms with Crippen LogP contribution in [0, 0.1) is 19.8 Å². The average molecular weight is 1200 g/mol. The summed E-state index contributed by atoms with van der Waals surface area (Å²) in [5.74, 6) is -8.82. The van der Waals surface area contributed by atoms with Crippen molar-refractivity contribution < 1.29 is 58.2 Å². The number of benzene rings is 3. The first kappa shape index (κ1) is 69.0. The summed E-state index contributed by atoms with van der Waals surface area (Å²) in [5.41, 5.74) is 35.8.